The number of nitrogens with zero attached hydrogens (tertiary/aromatic N) is 1. The summed E-state index contributed by atoms with van der Waals surface area (Å²) in [4.78, 5) is 16.7. The lowest BCUT2D eigenvalue weighted by molar-refractivity contribution is -0.0432. The first-order chi connectivity index (χ1) is 18.7. The smallest absolute Gasteiger partial charge is 0.351 e. The molecule has 10 heteroatoms. The van der Waals surface area contributed by atoms with Gasteiger partial charge in [0.2, 0.25) is 9.04 Å². The van der Waals surface area contributed by atoms with Crippen LogP contribution in [0.1, 0.15) is 53.5 Å². The zero-order chi connectivity index (χ0) is 28.0. The number of halogens is 2. The molecule has 1 saturated heterocycles. The van der Waals surface area contributed by atoms with Gasteiger partial charge in [-0.1, -0.05) is 81.4 Å². The molecule has 1 fully saturated rings. The molecule has 4 rings (SSSR count). The molecule has 0 spiro atoms. The molecule has 2 heterocycles. The number of esters is 1. The van der Waals surface area contributed by atoms with Gasteiger partial charge in [-0.25, -0.2) is 9.18 Å². The fraction of sp³-hybridized carbons (Fsp3) is 0.379. The molecule has 0 unspecified atom stereocenters. The average Bonchev–Trinajstić information content (AvgIpc) is 3.18. The van der Waals surface area contributed by atoms with Crippen molar-refractivity contribution in [2.45, 2.75) is 43.9 Å². The van der Waals surface area contributed by atoms with E-state index in [2.05, 4.69) is 90.5 Å². The molecule has 1 N–H and O–H groups in total. The quantitative estimate of drug-likeness (QED) is 0.111. The molecule has 0 amide bonds. The molecule has 1 aliphatic heterocycles. The van der Waals surface area contributed by atoms with Crippen molar-refractivity contribution >= 4 is 53.1 Å². The Kier molecular flexibility index (Phi) is 10.1. The number of benzene rings is 2. The Morgan fingerprint density at radius 3 is 2.26 bits per heavy atom. The molecular weight excluding hydrogens is 599 g/mol. The highest BCUT2D eigenvalue weighted by molar-refractivity contribution is 9.10. The minimum atomic E-state index is -1.56. The van der Waals surface area contributed by atoms with Crippen LogP contribution in [0, 0.1) is 5.82 Å². The summed E-state index contributed by atoms with van der Waals surface area (Å²) >= 11 is 4.25. The standard InChI is InChI=1S/C29H33BrFN2O4SSi/c1-29(2,3)39(26(19-11-7-5-8-12-19)20-13-9-6-10-14-20)37-18-22(32-17-21-15-16-36-21)33-27-23(30)24(31)25(38-27)28(34)35-4/h5-14,21,26H,15-18H2,1-4H3,(H,32,33)/t21-/m0/s1. The Bertz CT molecular complexity index is 1240. The van der Waals surface area contributed by atoms with Gasteiger partial charge in [0, 0.05) is 12.1 Å². The molecule has 1 atom stereocenters. The molecular formula is C29H33BrFN2O4SSi. The maximum atomic E-state index is 14.8. The van der Waals surface area contributed by atoms with Crippen molar-refractivity contribution in [3.05, 3.63) is 87.0 Å². The molecule has 6 nitrogen and oxygen atoms in total. The second-order valence-corrected chi connectivity index (χ2v) is 15.1. The van der Waals surface area contributed by atoms with E-state index in [4.69, 9.17) is 18.9 Å². The number of carbonyl (C=O) groups is 1. The highest BCUT2D eigenvalue weighted by Crippen LogP contribution is 2.41. The predicted octanol–water partition coefficient (Wildman–Crippen LogP) is 7.22. The van der Waals surface area contributed by atoms with Crippen molar-refractivity contribution in [3.8, 4) is 0 Å². The lowest BCUT2D eigenvalue weighted by Crippen LogP contribution is -2.40. The number of nitrogens with one attached hydrogen (secondary N) is 1. The summed E-state index contributed by atoms with van der Waals surface area (Å²) in [5.41, 5.74) is 2.48. The molecule has 1 aliphatic rings. The third kappa shape index (κ3) is 7.43. The maximum Gasteiger partial charge on any atom is 0.351 e. The second kappa shape index (κ2) is 13.3. The van der Waals surface area contributed by atoms with Crippen LogP contribution < -0.4 is 5.32 Å². The monoisotopic (exact) mass is 631 g/mol. The van der Waals surface area contributed by atoms with Gasteiger partial charge in [0.1, 0.15) is 10.8 Å². The van der Waals surface area contributed by atoms with Crippen LogP contribution in [0.3, 0.4) is 0 Å². The SMILES string of the molecule is COC(=O)c1sc(NC(CO[Si](C(c2ccccc2)c2ccccc2)C(C)(C)C)=NC[C@@H]2CCO2)c(Br)c1F. The Hall–Kier alpha value is -2.37. The van der Waals surface area contributed by atoms with Crippen LogP contribution in [0.4, 0.5) is 9.39 Å². The molecule has 0 bridgehead atoms. The summed E-state index contributed by atoms with van der Waals surface area (Å²) in [6, 6.07) is 20.9. The molecule has 3 aromatic rings. The van der Waals surface area contributed by atoms with Gasteiger partial charge >= 0.3 is 5.97 Å². The lowest BCUT2D eigenvalue weighted by atomic mass is 10.0. The first kappa shape index (κ1) is 29.6. The topological polar surface area (TPSA) is 69.2 Å². The van der Waals surface area contributed by atoms with Crippen LogP contribution >= 0.6 is 27.3 Å². The highest BCUT2D eigenvalue weighted by Gasteiger charge is 2.39. The molecule has 0 aliphatic carbocycles. The van der Waals surface area contributed by atoms with Crippen molar-refractivity contribution < 1.29 is 23.1 Å². The minimum absolute atomic E-state index is 0.0599. The fourth-order valence-corrected chi connectivity index (χ4v) is 8.58. The number of thiophene rings is 1. The van der Waals surface area contributed by atoms with Crippen LogP contribution in [-0.2, 0) is 13.9 Å². The van der Waals surface area contributed by atoms with Gasteiger partial charge in [0.05, 0.1) is 30.8 Å². The fourth-order valence-electron chi connectivity index (χ4n) is 4.25. The maximum absolute atomic E-state index is 14.8. The molecule has 0 saturated carbocycles. The summed E-state index contributed by atoms with van der Waals surface area (Å²) < 4.78 is 32.0. The van der Waals surface area contributed by atoms with Gasteiger partial charge in [-0.05, 0) is 38.5 Å². The van der Waals surface area contributed by atoms with Crippen molar-refractivity contribution in [3.63, 3.8) is 0 Å². The number of hydrogen-bond acceptors (Lipinski definition) is 6. The second-order valence-electron chi connectivity index (χ2n) is 10.2. The van der Waals surface area contributed by atoms with E-state index >= 15 is 0 Å². The molecule has 2 aromatic carbocycles. The van der Waals surface area contributed by atoms with E-state index in [0.29, 0.717) is 17.4 Å². The highest BCUT2D eigenvalue weighted by atomic mass is 79.9. The summed E-state index contributed by atoms with van der Waals surface area (Å²) in [6.45, 7) is 8.03. The number of anilines is 1. The lowest BCUT2D eigenvalue weighted by Gasteiger charge is -2.35. The minimum Gasteiger partial charge on any atom is -0.465 e. The van der Waals surface area contributed by atoms with E-state index in [1.54, 1.807) is 0 Å². The van der Waals surface area contributed by atoms with Gasteiger partial charge in [0.15, 0.2) is 10.7 Å². The number of aliphatic imine (C=N–C) groups is 1. The first-order valence-corrected chi connectivity index (χ1v) is 15.9. The number of carbonyl (C=O) groups excluding carboxylic acids is 1. The van der Waals surface area contributed by atoms with Gasteiger partial charge in [-0.2, -0.15) is 0 Å². The summed E-state index contributed by atoms with van der Waals surface area (Å²) in [6.07, 6.45) is 1.01. The van der Waals surface area contributed by atoms with E-state index in [0.717, 1.165) is 24.4 Å². The molecule has 1 radical (unpaired) electrons. The number of ether oxygens (including phenoxy) is 2. The number of rotatable bonds is 10. The van der Waals surface area contributed by atoms with Crippen LogP contribution in [0.2, 0.25) is 5.04 Å². The van der Waals surface area contributed by atoms with Crippen molar-refractivity contribution in [2.75, 3.05) is 32.2 Å². The molecule has 39 heavy (non-hydrogen) atoms. The van der Waals surface area contributed by atoms with Gasteiger partial charge < -0.3 is 19.2 Å². The predicted molar refractivity (Wildman–Crippen MR) is 160 cm³/mol. The molecule has 1 aromatic heterocycles. The number of methoxy groups -OCH3 is 1. The Morgan fingerprint density at radius 1 is 1.18 bits per heavy atom. The third-order valence-electron chi connectivity index (χ3n) is 6.33. The Labute approximate surface area is 243 Å². The largest absolute Gasteiger partial charge is 0.465 e. The zero-order valence-electron chi connectivity index (χ0n) is 22.5. The molecule has 207 valence electrons. The first-order valence-electron chi connectivity index (χ1n) is 12.8. The third-order valence-corrected chi connectivity index (χ3v) is 11.5. The van der Waals surface area contributed by atoms with Gasteiger partial charge in [-0.15, -0.1) is 11.3 Å². The summed E-state index contributed by atoms with van der Waals surface area (Å²) in [7, 11) is -0.327. The zero-order valence-corrected chi connectivity index (χ0v) is 25.9. The van der Waals surface area contributed by atoms with E-state index in [9.17, 15) is 9.18 Å². The summed E-state index contributed by atoms with van der Waals surface area (Å²) in [5, 5.41) is 3.53. The van der Waals surface area contributed by atoms with E-state index in [1.165, 1.54) is 18.2 Å². The Balaban J connectivity index is 1.64. The van der Waals surface area contributed by atoms with Crippen LogP contribution in [-0.4, -0.2) is 53.8 Å². The average molecular weight is 633 g/mol. The van der Waals surface area contributed by atoms with Crippen molar-refractivity contribution in [1.82, 2.24) is 0 Å². The van der Waals surface area contributed by atoms with Crippen LogP contribution in [0.25, 0.3) is 0 Å². The Morgan fingerprint density at radius 2 is 1.77 bits per heavy atom. The van der Waals surface area contributed by atoms with Crippen LogP contribution in [0.5, 0.6) is 0 Å². The van der Waals surface area contributed by atoms with Crippen molar-refractivity contribution in [2.24, 2.45) is 4.99 Å². The van der Waals surface area contributed by atoms with Crippen LogP contribution in [0.15, 0.2) is 70.1 Å². The number of hydrogen-bond donors (Lipinski definition) is 1. The van der Waals surface area contributed by atoms with E-state index in [-0.39, 0.29) is 32.6 Å². The van der Waals surface area contributed by atoms with E-state index in [1.807, 2.05) is 12.1 Å². The van der Waals surface area contributed by atoms with Gasteiger partial charge in [-0.3, -0.25) is 4.99 Å². The summed E-state index contributed by atoms with van der Waals surface area (Å²) in [5.74, 6) is -0.837. The number of amidine groups is 1. The van der Waals surface area contributed by atoms with E-state index < -0.39 is 20.8 Å². The normalized spacial score (nSPS) is 15.9. The van der Waals surface area contributed by atoms with Gasteiger partial charge in [0.25, 0.3) is 0 Å². The van der Waals surface area contributed by atoms with Crippen molar-refractivity contribution in [1.29, 1.82) is 0 Å².